The fraction of sp³-hybridized carbons (Fsp3) is 0.652. The summed E-state index contributed by atoms with van der Waals surface area (Å²) in [5.41, 5.74) is 2.44. The average Bonchev–Trinajstić information content (AvgIpc) is 3.15. The minimum Gasteiger partial charge on any atom is -0.381 e. The molecule has 2 atom stereocenters. The highest BCUT2D eigenvalue weighted by molar-refractivity contribution is 5.33. The Morgan fingerprint density at radius 1 is 0.966 bits per heavy atom. The van der Waals surface area contributed by atoms with E-state index in [0.29, 0.717) is 0 Å². The van der Waals surface area contributed by atoms with Gasteiger partial charge in [0.1, 0.15) is 12.7 Å². The van der Waals surface area contributed by atoms with Gasteiger partial charge in [0.25, 0.3) is 0 Å². The van der Waals surface area contributed by atoms with Crippen LogP contribution in [0.2, 0.25) is 0 Å². The Morgan fingerprint density at radius 2 is 1.76 bits per heavy atom. The van der Waals surface area contributed by atoms with Crippen LogP contribution >= 0.6 is 0 Å². The van der Waals surface area contributed by atoms with Crippen molar-refractivity contribution in [3.63, 3.8) is 0 Å². The molecule has 156 valence electrons. The number of hydrogen-bond donors (Lipinski definition) is 0. The summed E-state index contributed by atoms with van der Waals surface area (Å²) in [6.07, 6.45) is 8.68. The zero-order chi connectivity index (χ0) is 19.5. The molecule has 6 nitrogen and oxygen atoms in total. The third-order valence-corrected chi connectivity index (χ3v) is 6.99. The molecule has 0 radical (unpaired) electrons. The van der Waals surface area contributed by atoms with E-state index in [2.05, 4.69) is 44.1 Å². The molecule has 6 heteroatoms. The zero-order valence-electron chi connectivity index (χ0n) is 17.3. The van der Waals surface area contributed by atoms with Gasteiger partial charge in [-0.25, -0.2) is 9.67 Å². The number of fused-ring (bicyclic) bond motifs is 1. The molecule has 1 saturated carbocycles. The van der Waals surface area contributed by atoms with Crippen molar-refractivity contribution >= 4 is 0 Å². The first-order valence-corrected chi connectivity index (χ1v) is 11.3. The van der Waals surface area contributed by atoms with Crippen molar-refractivity contribution in [2.45, 2.75) is 32.2 Å². The number of rotatable bonds is 9. The Bertz CT molecular complexity index is 744. The largest absolute Gasteiger partial charge is 0.381 e. The molecular formula is C23H33N5O. The molecule has 2 aromatic rings. The molecule has 3 heterocycles. The van der Waals surface area contributed by atoms with Gasteiger partial charge in [0, 0.05) is 32.8 Å². The van der Waals surface area contributed by atoms with E-state index in [4.69, 9.17) is 4.74 Å². The Labute approximate surface area is 173 Å². The molecule has 1 aromatic heterocycles. The predicted octanol–water partition coefficient (Wildman–Crippen LogP) is 2.84. The van der Waals surface area contributed by atoms with Gasteiger partial charge in [-0.05, 0) is 67.8 Å². The van der Waals surface area contributed by atoms with Crippen LogP contribution in [0.4, 0.5) is 0 Å². The Hall–Kier alpha value is -1.76. The summed E-state index contributed by atoms with van der Waals surface area (Å²) >= 11 is 0. The summed E-state index contributed by atoms with van der Waals surface area (Å²) in [7, 11) is 0. The molecule has 1 aliphatic carbocycles. The van der Waals surface area contributed by atoms with E-state index in [9.17, 15) is 0 Å². The number of hydrogen-bond acceptors (Lipinski definition) is 5. The van der Waals surface area contributed by atoms with E-state index in [1.165, 1.54) is 64.0 Å². The Kier molecular flexibility index (Phi) is 5.92. The van der Waals surface area contributed by atoms with E-state index in [-0.39, 0.29) is 0 Å². The van der Waals surface area contributed by atoms with Gasteiger partial charge in [-0.2, -0.15) is 5.10 Å². The standard InChI is InChI=1S/C23H33N5O/c1-2-9-26(10-3-1)11-4-12-29-16-23-21-14-27(15-22(21)23)13-19-5-7-20(8-6-19)28-18-24-17-25-28/h5-8,17-18,21-23H,1-4,9-16H2. The molecule has 0 bridgehead atoms. The quantitative estimate of drug-likeness (QED) is 0.611. The van der Waals surface area contributed by atoms with Crippen molar-refractivity contribution < 1.29 is 4.74 Å². The molecule has 3 aliphatic rings. The summed E-state index contributed by atoms with van der Waals surface area (Å²) < 4.78 is 7.83. The number of benzene rings is 1. The first-order valence-electron chi connectivity index (χ1n) is 11.3. The SMILES string of the molecule is c1ncn(-c2ccc(CN3CC4C(COCCCN5CCCCC5)C4C3)cc2)n1. The van der Waals surface area contributed by atoms with Gasteiger partial charge in [-0.15, -0.1) is 0 Å². The van der Waals surface area contributed by atoms with Gasteiger partial charge in [0.05, 0.1) is 12.3 Å². The maximum Gasteiger partial charge on any atom is 0.138 e. The predicted molar refractivity (Wildman–Crippen MR) is 113 cm³/mol. The molecule has 0 amide bonds. The van der Waals surface area contributed by atoms with Crippen LogP contribution in [-0.2, 0) is 11.3 Å². The van der Waals surface area contributed by atoms with E-state index >= 15 is 0 Å². The maximum atomic E-state index is 6.03. The first kappa shape index (κ1) is 19.2. The second-order valence-corrected chi connectivity index (χ2v) is 9.02. The topological polar surface area (TPSA) is 46.4 Å². The van der Waals surface area contributed by atoms with Crippen LogP contribution in [0, 0.1) is 17.8 Å². The number of likely N-dealkylation sites (tertiary alicyclic amines) is 2. The van der Waals surface area contributed by atoms with E-state index in [0.717, 1.165) is 43.2 Å². The van der Waals surface area contributed by atoms with Gasteiger partial charge in [0.2, 0.25) is 0 Å². The van der Waals surface area contributed by atoms with Crippen LogP contribution in [0.25, 0.3) is 5.69 Å². The lowest BCUT2D eigenvalue weighted by Gasteiger charge is -2.26. The first-order chi connectivity index (χ1) is 14.4. The monoisotopic (exact) mass is 395 g/mol. The third kappa shape index (κ3) is 4.71. The van der Waals surface area contributed by atoms with Crippen molar-refractivity contribution in [1.29, 1.82) is 0 Å². The van der Waals surface area contributed by atoms with Gasteiger partial charge in [-0.1, -0.05) is 18.6 Å². The summed E-state index contributed by atoms with van der Waals surface area (Å²) in [5.74, 6) is 2.55. The number of nitrogens with zero attached hydrogens (tertiary/aromatic N) is 5. The van der Waals surface area contributed by atoms with E-state index < -0.39 is 0 Å². The summed E-state index contributed by atoms with van der Waals surface area (Å²) in [6.45, 7) is 9.26. The molecule has 3 fully saturated rings. The lowest BCUT2D eigenvalue weighted by Crippen LogP contribution is -2.31. The normalized spacial score (nSPS) is 27.2. The molecule has 2 unspecified atom stereocenters. The summed E-state index contributed by atoms with van der Waals surface area (Å²) in [4.78, 5) is 9.22. The smallest absolute Gasteiger partial charge is 0.138 e. The lowest BCUT2D eigenvalue weighted by molar-refractivity contribution is 0.0967. The molecule has 0 N–H and O–H groups in total. The number of piperidine rings is 2. The minimum absolute atomic E-state index is 0.816. The Balaban J connectivity index is 0.976. The molecule has 2 aliphatic heterocycles. The number of aromatic nitrogens is 3. The van der Waals surface area contributed by atoms with Crippen molar-refractivity contribution in [3.8, 4) is 5.69 Å². The molecule has 2 saturated heterocycles. The Morgan fingerprint density at radius 3 is 2.48 bits per heavy atom. The van der Waals surface area contributed by atoms with Crippen molar-refractivity contribution in [2.75, 3.05) is 45.9 Å². The zero-order valence-corrected chi connectivity index (χ0v) is 17.3. The van der Waals surface area contributed by atoms with E-state index in [1.54, 1.807) is 17.3 Å². The molecular weight excluding hydrogens is 362 g/mol. The van der Waals surface area contributed by atoms with Crippen molar-refractivity contribution in [2.24, 2.45) is 17.8 Å². The fourth-order valence-electron chi connectivity index (χ4n) is 5.26. The van der Waals surface area contributed by atoms with Gasteiger partial charge in [-0.3, -0.25) is 4.90 Å². The molecule has 5 rings (SSSR count). The van der Waals surface area contributed by atoms with Crippen LogP contribution in [0.3, 0.4) is 0 Å². The van der Waals surface area contributed by atoms with Crippen LogP contribution in [0.1, 0.15) is 31.2 Å². The average molecular weight is 396 g/mol. The van der Waals surface area contributed by atoms with Crippen LogP contribution in [-0.4, -0.2) is 70.5 Å². The van der Waals surface area contributed by atoms with Crippen LogP contribution in [0.15, 0.2) is 36.9 Å². The minimum atomic E-state index is 0.816. The maximum absolute atomic E-state index is 6.03. The fourth-order valence-corrected chi connectivity index (χ4v) is 5.26. The molecule has 0 spiro atoms. The summed E-state index contributed by atoms with van der Waals surface area (Å²) in [6, 6.07) is 8.68. The van der Waals surface area contributed by atoms with Crippen molar-refractivity contribution in [1.82, 2.24) is 24.6 Å². The second-order valence-electron chi connectivity index (χ2n) is 9.02. The van der Waals surface area contributed by atoms with Crippen LogP contribution < -0.4 is 0 Å². The highest BCUT2D eigenvalue weighted by Gasteiger charge is 2.55. The van der Waals surface area contributed by atoms with Gasteiger partial charge >= 0.3 is 0 Å². The van der Waals surface area contributed by atoms with Crippen LogP contribution in [0.5, 0.6) is 0 Å². The number of ether oxygens (including phenoxy) is 1. The molecule has 1 aromatic carbocycles. The summed E-state index contributed by atoms with van der Waals surface area (Å²) in [5, 5.41) is 4.18. The third-order valence-electron chi connectivity index (χ3n) is 6.99. The van der Waals surface area contributed by atoms with Gasteiger partial charge < -0.3 is 9.64 Å². The second kappa shape index (κ2) is 8.94. The van der Waals surface area contributed by atoms with Gasteiger partial charge in [0.15, 0.2) is 0 Å². The van der Waals surface area contributed by atoms with Crippen molar-refractivity contribution in [3.05, 3.63) is 42.5 Å². The lowest BCUT2D eigenvalue weighted by atomic mass is 10.1. The van der Waals surface area contributed by atoms with E-state index in [1.807, 2.05) is 0 Å². The highest BCUT2D eigenvalue weighted by atomic mass is 16.5. The highest BCUT2D eigenvalue weighted by Crippen LogP contribution is 2.52. The molecule has 29 heavy (non-hydrogen) atoms.